The highest BCUT2D eigenvalue weighted by Crippen LogP contribution is 2.34. The van der Waals surface area contributed by atoms with Crippen molar-refractivity contribution in [3.63, 3.8) is 0 Å². The maximum Gasteiger partial charge on any atom is 0.417 e. The van der Waals surface area contributed by atoms with Crippen LogP contribution >= 0.6 is 0 Å². The molecule has 0 bridgehead atoms. The predicted octanol–water partition coefficient (Wildman–Crippen LogP) is 2.09. The van der Waals surface area contributed by atoms with Gasteiger partial charge in [0, 0.05) is 17.8 Å². The molecule has 1 aromatic rings. The van der Waals surface area contributed by atoms with Crippen molar-refractivity contribution in [3.8, 4) is 6.07 Å². The summed E-state index contributed by atoms with van der Waals surface area (Å²) in [6.45, 7) is 0. The summed E-state index contributed by atoms with van der Waals surface area (Å²) in [6.07, 6.45) is -3.77. The van der Waals surface area contributed by atoms with Gasteiger partial charge in [-0.2, -0.15) is 18.4 Å². The van der Waals surface area contributed by atoms with Gasteiger partial charge in [-0.3, -0.25) is 0 Å². The summed E-state index contributed by atoms with van der Waals surface area (Å²) in [5.41, 5.74) is 4.61. The molecule has 0 aromatic heterocycles. The molecule has 90 valence electrons. The quantitative estimate of drug-likeness (QED) is 0.833. The number of nitrogens with one attached hydrogen (secondary N) is 1. The lowest BCUT2D eigenvalue weighted by Crippen LogP contribution is -2.14. The third-order valence-electron chi connectivity index (χ3n) is 2.64. The van der Waals surface area contributed by atoms with Crippen molar-refractivity contribution in [2.45, 2.75) is 24.7 Å². The number of hydrogen-bond acceptors (Lipinski definition) is 3. The molecule has 1 aliphatic carbocycles. The van der Waals surface area contributed by atoms with Crippen LogP contribution in [-0.2, 0) is 6.18 Å². The minimum atomic E-state index is -4.52. The second kappa shape index (κ2) is 3.93. The monoisotopic (exact) mass is 241 g/mol. The second-order valence-corrected chi connectivity index (χ2v) is 4.02. The van der Waals surface area contributed by atoms with E-state index in [2.05, 4.69) is 5.32 Å². The number of rotatable bonds is 2. The first-order chi connectivity index (χ1) is 7.91. The van der Waals surface area contributed by atoms with E-state index in [1.54, 1.807) is 0 Å². The van der Waals surface area contributed by atoms with Crippen LogP contribution in [0.25, 0.3) is 0 Å². The molecule has 1 aliphatic rings. The molecule has 0 radical (unpaired) electrons. The number of alkyl halides is 3. The minimum absolute atomic E-state index is 0.0000185. The maximum absolute atomic E-state index is 12.6. The van der Waals surface area contributed by atoms with E-state index >= 15 is 0 Å². The Morgan fingerprint density at radius 1 is 1.41 bits per heavy atom. The zero-order chi connectivity index (χ0) is 12.6. The molecular weight excluding hydrogens is 231 g/mol. The van der Waals surface area contributed by atoms with Crippen molar-refractivity contribution < 1.29 is 13.2 Å². The lowest BCUT2D eigenvalue weighted by molar-refractivity contribution is -0.137. The first kappa shape index (κ1) is 11.7. The molecule has 17 heavy (non-hydrogen) atoms. The summed E-state index contributed by atoms with van der Waals surface area (Å²) in [5.74, 6) is 0. The smallest absolute Gasteiger partial charge is 0.381 e. The van der Waals surface area contributed by atoms with E-state index in [9.17, 15) is 13.2 Å². The topological polar surface area (TPSA) is 61.8 Å². The van der Waals surface area contributed by atoms with Crippen molar-refractivity contribution in [1.29, 1.82) is 5.26 Å². The average molecular weight is 241 g/mol. The molecule has 3 nitrogen and oxygen atoms in total. The number of halogens is 3. The van der Waals surface area contributed by atoms with E-state index in [0.717, 1.165) is 12.5 Å². The Bertz CT molecular complexity index is 476. The summed E-state index contributed by atoms with van der Waals surface area (Å²) < 4.78 is 37.9. The van der Waals surface area contributed by atoms with Crippen LogP contribution in [0.3, 0.4) is 0 Å². The molecule has 2 unspecified atom stereocenters. The fourth-order valence-corrected chi connectivity index (χ4v) is 1.56. The van der Waals surface area contributed by atoms with Crippen LogP contribution in [0, 0.1) is 11.3 Å². The molecule has 2 atom stereocenters. The Labute approximate surface area is 96.0 Å². The van der Waals surface area contributed by atoms with Gasteiger partial charge in [-0.1, -0.05) is 0 Å². The summed E-state index contributed by atoms with van der Waals surface area (Å²) in [7, 11) is 0. The predicted molar refractivity (Wildman–Crippen MR) is 56.2 cm³/mol. The summed E-state index contributed by atoms with van der Waals surface area (Å²) in [4.78, 5) is 0. The molecule has 0 aliphatic heterocycles. The summed E-state index contributed by atoms with van der Waals surface area (Å²) in [5, 5.41) is 11.5. The van der Waals surface area contributed by atoms with Crippen molar-refractivity contribution >= 4 is 5.69 Å². The molecule has 0 heterocycles. The first-order valence-corrected chi connectivity index (χ1v) is 5.05. The molecular formula is C11H10F3N3. The zero-order valence-electron chi connectivity index (χ0n) is 8.75. The van der Waals surface area contributed by atoms with Gasteiger partial charge in [0.1, 0.15) is 0 Å². The second-order valence-electron chi connectivity index (χ2n) is 4.02. The van der Waals surface area contributed by atoms with Crippen molar-refractivity contribution in [2.24, 2.45) is 5.73 Å². The van der Waals surface area contributed by atoms with E-state index in [-0.39, 0.29) is 17.6 Å². The Hall–Kier alpha value is -1.74. The normalized spacial score (nSPS) is 23.0. The molecule has 1 fully saturated rings. The Morgan fingerprint density at radius 3 is 2.53 bits per heavy atom. The third kappa shape index (κ3) is 2.50. The molecule has 0 spiro atoms. The lowest BCUT2D eigenvalue weighted by atomic mass is 10.1. The van der Waals surface area contributed by atoms with Crippen LogP contribution < -0.4 is 11.1 Å². The molecule has 6 heteroatoms. The van der Waals surface area contributed by atoms with Gasteiger partial charge in [0.2, 0.25) is 0 Å². The van der Waals surface area contributed by atoms with Crippen molar-refractivity contribution in [1.82, 2.24) is 0 Å². The van der Waals surface area contributed by atoms with Crippen molar-refractivity contribution in [3.05, 3.63) is 29.3 Å². The summed E-state index contributed by atoms with van der Waals surface area (Å²) >= 11 is 0. The van der Waals surface area contributed by atoms with Crippen LogP contribution in [0.2, 0.25) is 0 Å². The van der Waals surface area contributed by atoms with E-state index in [1.165, 1.54) is 18.2 Å². The standard InChI is InChI=1S/C11H10F3N3/c12-11(13,14)8-3-7(2-1-6(8)5-15)17-10-4-9(10)16/h1-3,9-10,17H,4,16H2. The number of hydrogen-bond donors (Lipinski definition) is 2. The van der Waals surface area contributed by atoms with E-state index in [1.807, 2.05) is 0 Å². The highest BCUT2D eigenvalue weighted by atomic mass is 19.4. The first-order valence-electron chi connectivity index (χ1n) is 5.05. The SMILES string of the molecule is N#Cc1ccc(NC2CC2N)cc1C(F)(F)F. The van der Waals surface area contributed by atoms with Crippen LogP contribution in [0.15, 0.2) is 18.2 Å². The van der Waals surface area contributed by atoms with Crippen LogP contribution in [-0.4, -0.2) is 12.1 Å². The third-order valence-corrected chi connectivity index (χ3v) is 2.64. The van der Waals surface area contributed by atoms with Gasteiger partial charge in [-0.05, 0) is 24.6 Å². The number of nitrogens with two attached hydrogens (primary N) is 1. The van der Waals surface area contributed by atoms with Crippen LogP contribution in [0.1, 0.15) is 17.5 Å². The fraction of sp³-hybridized carbons (Fsp3) is 0.364. The van der Waals surface area contributed by atoms with E-state index < -0.39 is 11.7 Å². The largest absolute Gasteiger partial charge is 0.417 e. The molecule has 2 rings (SSSR count). The van der Waals surface area contributed by atoms with Gasteiger partial charge < -0.3 is 11.1 Å². The number of nitrogens with zero attached hydrogens (tertiary/aromatic N) is 1. The fourth-order valence-electron chi connectivity index (χ4n) is 1.56. The van der Waals surface area contributed by atoms with Crippen LogP contribution in [0.4, 0.5) is 18.9 Å². The molecule has 0 saturated heterocycles. The van der Waals surface area contributed by atoms with Gasteiger partial charge in [-0.15, -0.1) is 0 Å². The highest BCUT2D eigenvalue weighted by Gasteiger charge is 2.36. The number of anilines is 1. The molecule has 3 N–H and O–H groups in total. The van der Waals surface area contributed by atoms with Crippen LogP contribution in [0.5, 0.6) is 0 Å². The Morgan fingerprint density at radius 2 is 2.06 bits per heavy atom. The molecule has 1 saturated carbocycles. The zero-order valence-corrected chi connectivity index (χ0v) is 8.75. The minimum Gasteiger partial charge on any atom is -0.381 e. The van der Waals surface area contributed by atoms with Crippen molar-refractivity contribution in [2.75, 3.05) is 5.32 Å². The molecule has 0 amide bonds. The van der Waals surface area contributed by atoms with E-state index in [0.29, 0.717) is 5.69 Å². The summed E-state index contributed by atoms with van der Waals surface area (Å²) in [6, 6.07) is 5.14. The van der Waals surface area contributed by atoms with Gasteiger partial charge >= 0.3 is 6.18 Å². The molecule has 1 aromatic carbocycles. The number of benzene rings is 1. The van der Waals surface area contributed by atoms with Gasteiger partial charge in [0.05, 0.1) is 17.2 Å². The Kier molecular flexibility index (Phi) is 2.71. The van der Waals surface area contributed by atoms with Gasteiger partial charge in [0.15, 0.2) is 0 Å². The van der Waals surface area contributed by atoms with Gasteiger partial charge in [0.25, 0.3) is 0 Å². The Balaban J connectivity index is 2.29. The van der Waals surface area contributed by atoms with E-state index in [4.69, 9.17) is 11.0 Å². The number of nitriles is 1. The maximum atomic E-state index is 12.6. The average Bonchev–Trinajstić information content (AvgIpc) is 2.93. The lowest BCUT2D eigenvalue weighted by Gasteiger charge is -2.11. The van der Waals surface area contributed by atoms with Gasteiger partial charge in [-0.25, -0.2) is 0 Å². The highest BCUT2D eigenvalue weighted by molar-refractivity contribution is 5.54.